The first-order valence-corrected chi connectivity index (χ1v) is 8.56. The van der Waals surface area contributed by atoms with Gasteiger partial charge in [-0.25, -0.2) is 0 Å². The minimum Gasteiger partial charge on any atom is -0.308 e. The molecule has 1 aromatic rings. The van der Waals surface area contributed by atoms with Gasteiger partial charge in [-0.15, -0.1) is 0 Å². The summed E-state index contributed by atoms with van der Waals surface area (Å²) < 4.78 is 0. The van der Waals surface area contributed by atoms with Crippen LogP contribution in [-0.4, -0.2) is 29.6 Å². The molecule has 2 heteroatoms. The first kappa shape index (κ1) is 15.1. The third-order valence-electron chi connectivity index (χ3n) is 5.41. The van der Waals surface area contributed by atoms with Crippen LogP contribution in [-0.2, 0) is 6.54 Å². The van der Waals surface area contributed by atoms with Crippen LogP contribution in [0.15, 0.2) is 18.2 Å². The molecule has 0 radical (unpaired) electrons. The van der Waals surface area contributed by atoms with Crippen LogP contribution in [0, 0.1) is 19.8 Å². The van der Waals surface area contributed by atoms with Crippen molar-refractivity contribution in [1.29, 1.82) is 0 Å². The number of aryl methyl sites for hydroxylation is 2. The molecule has 2 atom stereocenters. The minimum atomic E-state index is 0.338. The summed E-state index contributed by atoms with van der Waals surface area (Å²) in [7, 11) is 0. The summed E-state index contributed by atoms with van der Waals surface area (Å²) in [6.07, 6.45) is 4.06. The van der Waals surface area contributed by atoms with Crippen LogP contribution in [0.1, 0.15) is 49.8 Å². The highest BCUT2D eigenvalue weighted by atomic mass is 15.3. The van der Waals surface area contributed by atoms with Gasteiger partial charge in [0.05, 0.1) is 0 Å². The molecular formula is C19H30N2. The number of benzene rings is 1. The van der Waals surface area contributed by atoms with Gasteiger partial charge in [0.2, 0.25) is 0 Å². The van der Waals surface area contributed by atoms with Gasteiger partial charge in [0.1, 0.15) is 0 Å². The maximum absolute atomic E-state index is 3.86. The van der Waals surface area contributed by atoms with Crippen molar-refractivity contribution in [2.24, 2.45) is 5.92 Å². The van der Waals surface area contributed by atoms with Gasteiger partial charge >= 0.3 is 0 Å². The summed E-state index contributed by atoms with van der Waals surface area (Å²) >= 11 is 0. The zero-order valence-electron chi connectivity index (χ0n) is 14.1. The summed E-state index contributed by atoms with van der Waals surface area (Å²) in [5.41, 5.74) is 4.59. The Kier molecular flexibility index (Phi) is 4.11. The van der Waals surface area contributed by atoms with E-state index in [-0.39, 0.29) is 0 Å². The van der Waals surface area contributed by atoms with Gasteiger partial charge < -0.3 is 5.32 Å². The standard InChI is InChI=1S/C19H30N2/c1-5-18-11-20-19(4,17-6-7-17)13-21(18)12-16-9-14(2)8-15(3)10-16/h8-10,17-18,20H,5-7,11-13H2,1-4H3. The van der Waals surface area contributed by atoms with Crippen LogP contribution in [0.2, 0.25) is 0 Å². The van der Waals surface area contributed by atoms with Crippen molar-refractivity contribution in [3.05, 3.63) is 34.9 Å². The fourth-order valence-corrected chi connectivity index (χ4v) is 4.06. The van der Waals surface area contributed by atoms with E-state index in [1.807, 2.05) is 0 Å². The number of hydrogen-bond donors (Lipinski definition) is 1. The highest BCUT2D eigenvalue weighted by molar-refractivity contribution is 5.28. The minimum absolute atomic E-state index is 0.338. The van der Waals surface area contributed by atoms with E-state index in [1.54, 1.807) is 0 Å². The molecule has 0 bridgehead atoms. The second-order valence-corrected chi connectivity index (χ2v) is 7.54. The first-order valence-electron chi connectivity index (χ1n) is 8.56. The van der Waals surface area contributed by atoms with Crippen LogP contribution in [0.4, 0.5) is 0 Å². The normalized spacial score (nSPS) is 30.6. The SMILES string of the molecule is CCC1CNC(C)(C2CC2)CN1Cc1cc(C)cc(C)c1. The van der Waals surface area contributed by atoms with Gasteiger partial charge in [-0.1, -0.05) is 36.2 Å². The highest BCUT2D eigenvalue weighted by Gasteiger charge is 2.45. The predicted octanol–water partition coefficient (Wildman–Crippen LogP) is 3.66. The van der Waals surface area contributed by atoms with Crippen molar-refractivity contribution < 1.29 is 0 Å². The van der Waals surface area contributed by atoms with E-state index in [2.05, 4.69) is 56.1 Å². The molecule has 2 fully saturated rings. The van der Waals surface area contributed by atoms with E-state index >= 15 is 0 Å². The zero-order valence-corrected chi connectivity index (χ0v) is 14.1. The second kappa shape index (κ2) is 5.73. The number of nitrogens with zero attached hydrogens (tertiary/aromatic N) is 1. The Hall–Kier alpha value is -0.860. The summed E-state index contributed by atoms with van der Waals surface area (Å²) in [6.45, 7) is 12.6. The Morgan fingerprint density at radius 2 is 1.86 bits per heavy atom. The van der Waals surface area contributed by atoms with E-state index in [4.69, 9.17) is 0 Å². The van der Waals surface area contributed by atoms with Crippen molar-refractivity contribution >= 4 is 0 Å². The molecule has 2 aliphatic rings. The average molecular weight is 286 g/mol. The van der Waals surface area contributed by atoms with Gasteiger partial charge in [0.25, 0.3) is 0 Å². The fraction of sp³-hybridized carbons (Fsp3) is 0.684. The number of piperazine rings is 1. The molecule has 0 amide bonds. The molecule has 0 aromatic heterocycles. The van der Waals surface area contributed by atoms with Crippen LogP contribution < -0.4 is 5.32 Å². The molecule has 116 valence electrons. The molecule has 1 N–H and O–H groups in total. The lowest BCUT2D eigenvalue weighted by Crippen LogP contribution is -2.63. The van der Waals surface area contributed by atoms with E-state index in [1.165, 1.54) is 42.5 Å². The maximum Gasteiger partial charge on any atom is 0.0309 e. The van der Waals surface area contributed by atoms with E-state index in [0.29, 0.717) is 11.6 Å². The molecule has 1 aromatic carbocycles. The smallest absolute Gasteiger partial charge is 0.0309 e. The summed E-state index contributed by atoms with van der Waals surface area (Å²) in [4.78, 5) is 2.73. The largest absolute Gasteiger partial charge is 0.308 e. The van der Waals surface area contributed by atoms with Gasteiger partial charge in [-0.2, -0.15) is 0 Å². The molecule has 1 saturated carbocycles. The summed E-state index contributed by atoms with van der Waals surface area (Å²) in [5, 5.41) is 3.86. The third-order valence-corrected chi connectivity index (χ3v) is 5.41. The van der Waals surface area contributed by atoms with Crippen LogP contribution in [0.3, 0.4) is 0 Å². The lowest BCUT2D eigenvalue weighted by atomic mass is 9.90. The molecule has 2 unspecified atom stereocenters. The van der Waals surface area contributed by atoms with E-state index in [0.717, 1.165) is 19.0 Å². The molecule has 1 aliphatic carbocycles. The van der Waals surface area contributed by atoms with Crippen molar-refractivity contribution in [2.45, 2.75) is 65.1 Å². The molecule has 2 nitrogen and oxygen atoms in total. The molecule has 0 spiro atoms. The van der Waals surface area contributed by atoms with Crippen LogP contribution in [0.25, 0.3) is 0 Å². The topological polar surface area (TPSA) is 15.3 Å². The van der Waals surface area contributed by atoms with Gasteiger partial charge in [0, 0.05) is 31.2 Å². The molecule has 1 heterocycles. The molecule has 3 rings (SSSR count). The summed E-state index contributed by atoms with van der Waals surface area (Å²) in [6, 6.07) is 7.66. The zero-order chi connectivity index (χ0) is 15.0. The highest BCUT2D eigenvalue weighted by Crippen LogP contribution is 2.41. The second-order valence-electron chi connectivity index (χ2n) is 7.54. The molecular weight excluding hydrogens is 256 g/mol. The fourth-order valence-electron chi connectivity index (χ4n) is 4.06. The van der Waals surface area contributed by atoms with Crippen molar-refractivity contribution in [1.82, 2.24) is 10.2 Å². The van der Waals surface area contributed by atoms with Crippen molar-refractivity contribution in [3.63, 3.8) is 0 Å². The Morgan fingerprint density at radius 3 is 2.43 bits per heavy atom. The van der Waals surface area contributed by atoms with Crippen molar-refractivity contribution in [2.75, 3.05) is 13.1 Å². The Labute approximate surface area is 129 Å². The Bertz CT molecular complexity index is 486. The quantitative estimate of drug-likeness (QED) is 0.909. The van der Waals surface area contributed by atoms with Crippen molar-refractivity contribution in [3.8, 4) is 0 Å². The Balaban J connectivity index is 1.76. The lowest BCUT2D eigenvalue weighted by Gasteiger charge is -2.46. The predicted molar refractivity (Wildman–Crippen MR) is 89.5 cm³/mol. The van der Waals surface area contributed by atoms with Gasteiger partial charge in [-0.05, 0) is 51.5 Å². The molecule has 21 heavy (non-hydrogen) atoms. The molecule has 1 aliphatic heterocycles. The number of rotatable bonds is 4. The Morgan fingerprint density at radius 1 is 1.19 bits per heavy atom. The number of nitrogens with one attached hydrogen (secondary N) is 1. The van der Waals surface area contributed by atoms with Crippen LogP contribution in [0.5, 0.6) is 0 Å². The van der Waals surface area contributed by atoms with Crippen LogP contribution >= 0.6 is 0 Å². The molecule has 1 saturated heterocycles. The number of hydrogen-bond acceptors (Lipinski definition) is 2. The lowest BCUT2D eigenvalue weighted by molar-refractivity contribution is 0.0666. The van der Waals surface area contributed by atoms with Gasteiger partial charge in [0.15, 0.2) is 0 Å². The maximum atomic E-state index is 3.86. The summed E-state index contributed by atoms with van der Waals surface area (Å²) in [5.74, 6) is 0.900. The monoisotopic (exact) mass is 286 g/mol. The van der Waals surface area contributed by atoms with Gasteiger partial charge in [-0.3, -0.25) is 4.90 Å². The third kappa shape index (κ3) is 3.32. The first-order chi connectivity index (χ1) is 10.00. The van der Waals surface area contributed by atoms with E-state index < -0.39 is 0 Å². The average Bonchev–Trinajstić information content (AvgIpc) is 3.22. The van der Waals surface area contributed by atoms with E-state index in [9.17, 15) is 0 Å².